The minimum Gasteiger partial charge on any atom is -0.383 e. The number of ether oxygens (including phenoxy) is 1. The lowest BCUT2D eigenvalue weighted by Gasteiger charge is -2.04. The van der Waals surface area contributed by atoms with Gasteiger partial charge in [0.15, 0.2) is 0 Å². The summed E-state index contributed by atoms with van der Waals surface area (Å²) >= 11 is 5.85. The molecular weight excluding hydrogens is 188 g/mol. The van der Waals surface area contributed by atoms with Crippen molar-refractivity contribution < 1.29 is 4.74 Å². The second kappa shape index (κ2) is 5.91. The van der Waals surface area contributed by atoms with Gasteiger partial charge in [0.25, 0.3) is 0 Å². The Morgan fingerprint density at radius 1 is 1.62 bits per heavy atom. The number of hydrogen-bond acceptors (Lipinski definition) is 3. The van der Waals surface area contributed by atoms with Crippen LogP contribution in [0.2, 0.25) is 5.15 Å². The van der Waals surface area contributed by atoms with E-state index in [1.165, 1.54) is 0 Å². The van der Waals surface area contributed by atoms with Crippen molar-refractivity contribution in [2.75, 3.05) is 20.3 Å². The fourth-order valence-electron chi connectivity index (χ4n) is 0.948. The van der Waals surface area contributed by atoms with Crippen molar-refractivity contribution in [1.82, 2.24) is 10.3 Å². The van der Waals surface area contributed by atoms with Crippen LogP contribution in [0.25, 0.3) is 0 Å². The molecule has 0 unspecified atom stereocenters. The summed E-state index contributed by atoms with van der Waals surface area (Å²) in [6, 6.07) is 3.83. The lowest BCUT2D eigenvalue weighted by atomic mass is 10.3. The van der Waals surface area contributed by atoms with Gasteiger partial charge in [0, 0.05) is 32.0 Å². The molecule has 1 N–H and O–H groups in total. The zero-order valence-corrected chi connectivity index (χ0v) is 8.34. The quantitative estimate of drug-likeness (QED) is 0.578. The highest BCUT2D eigenvalue weighted by Gasteiger charge is 1.98. The smallest absolute Gasteiger partial charge is 0.133 e. The summed E-state index contributed by atoms with van der Waals surface area (Å²) in [7, 11) is 1.68. The van der Waals surface area contributed by atoms with E-state index in [9.17, 15) is 0 Å². The average molecular weight is 201 g/mol. The number of aromatic nitrogens is 1. The van der Waals surface area contributed by atoms with Crippen molar-refractivity contribution in [3.05, 3.63) is 29.0 Å². The second-order valence-corrected chi connectivity index (χ2v) is 2.98. The molecule has 0 fully saturated rings. The number of methoxy groups -OCH3 is 1. The van der Waals surface area contributed by atoms with Gasteiger partial charge in [-0.1, -0.05) is 17.7 Å². The Bertz CT molecular complexity index is 255. The summed E-state index contributed by atoms with van der Waals surface area (Å²) in [6.45, 7) is 2.26. The van der Waals surface area contributed by atoms with Crippen LogP contribution in [0.4, 0.5) is 0 Å². The van der Waals surface area contributed by atoms with Gasteiger partial charge < -0.3 is 10.1 Å². The Kier molecular flexibility index (Phi) is 4.75. The normalized spacial score (nSPS) is 10.3. The molecule has 0 saturated carbocycles. The zero-order valence-electron chi connectivity index (χ0n) is 7.59. The van der Waals surface area contributed by atoms with E-state index < -0.39 is 0 Å². The van der Waals surface area contributed by atoms with Crippen molar-refractivity contribution >= 4 is 11.6 Å². The first-order valence-corrected chi connectivity index (χ1v) is 4.51. The van der Waals surface area contributed by atoms with E-state index in [1.807, 2.05) is 12.1 Å². The van der Waals surface area contributed by atoms with Gasteiger partial charge in [-0.25, -0.2) is 4.98 Å². The van der Waals surface area contributed by atoms with E-state index in [0.29, 0.717) is 11.8 Å². The summed E-state index contributed by atoms with van der Waals surface area (Å²) < 4.78 is 4.90. The van der Waals surface area contributed by atoms with Crippen LogP contribution in [0.5, 0.6) is 0 Å². The molecule has 13 heavy (non-hydrogen) atoms. The molecule has 0 saturated heterocycles. The first-order chi connectivity index (χ1) is 6.34. The number of hydrogen-bond donors (Lipinski definition) is 1. The first-order valence-electron chi connectivity index (χ1n) is 4.13. The van der Waals surface area contributed by atoms with Crippen LogP contribution in [-0.4, -0.2) is 25.2 Å². The fourth-order valence-corrected chi connectivity index (χ4v) is 1.13. The van der Waals surface area contributed by atoms with E-state index in [2.05, 4.69) is 10.3 Å². The highest BCUT2D eigenvalue weighted by atomic mass is 35.5. The van der Waals surface area contributed by atoms with Gasteiger partial charge in [0.05, 0.1) is 6.61 Å². The lowest BCUT2D eigenvalue weighted by Crippen LogP contribution is -2.18. The fraction of sp³-hybridized carbons (Fsp3) is 0.444. The van der Waals surface area contributed by atoms with E-state index in [1.54, 1.807) is 13.3 Å². The molecule has 0 spiro atoms. The predicted molar refractivity (Wildman–Crippen MR) is 52.8 cm³/mol. The zero-order chi connectivity index (χ0) is 9.52. The van der Waals surface area contributed by atoms with Crippen LogP contribution in [-0.2, 0) is 11.3 Å². The van der Waals surface area contributed by atoms with Gasteiger partial charge in [-0.05, 0) is 6.07 Å². The third kappa shape index (κ3) is 3.72. The molecule has 0 bridgehead atoms. The van der Waals surface area contributed by atoms with Gasteiger partial charge in [-0.2, -0.15) is 0 Å². The maximum absolute atomic E-state index is 5.85. The number of nitrogens with zero attached hydrogens (tertiary/aromatic N) is 1. The number of pyridine rings is 1. The third-order valence-corrected chi connectivity index (χ3v) is 1.98. The highest BCUT2D eigenvalue weighted by molar-refractivity contribution is 6.30. The summed E-state index contributed by atoms with van der Waals surface area (Å²) in [5.41, 5.74) is 1.01. The summed E-state index contributed by atoms with van der Waals surface area (Å²) in [5, 5.41) is 3.76. The molecule has 1 heterocycles. The molecule has 0 aliphatic rings. The van der Waals surface area contributed by atoms with Crippen LogP contribution in [0.3, 0.4) is 0 Å². The molecule has 0 amide bonds. The third-order valence-electron chi connectivity index (χ3n) is 1.63. The Hall–Kier alpha value is -0.640. The summed E-state index contributed by atoms with van der Waals surface area (Å²) in [5.74, 6) is 0. The van der Waals surface area contributed by atoms with Crippen LogP contribution in [0.1, 0.15) is 5.56 Å². The summed E-state index contributed by atoms with van der Waals surface area (Å²) in [6.07, 6.45) is 1.68. The average Bonchev–Trinajstić information content (AvgIpc) is 2.15. The maximum atomic E-state index is 5.85. The molecule has 1 aromatic rings. The van der Waals surface area contributed by atoms with Gasteiger partial charge in [-0.3, -0.25) is 0 Å². The minimum absolute atomic E-state index is 0.562. The molecule has 0 atom stereocenters. The van der Waals surface area contributed by atoms with Crippen LogP contribution in [0.15, 0.2) is 18.3 Å². The van der Waals surface area contributed by atoms with Crippen molar-refractivity contribution in [1.29, 1.82) is 0 Å². The van der Waals surface area contributed by atoms with E-state index in [-0.39, 0.29) is 0 Å². The molecule has 3 nitrogen and oxygen atoms in total. The number of rotatable bonds is 5. The molecule has 0 aliphatic heterocycles. The molecule has 1 rings (SSSR count). The van der Waals surface area contributed by atoms with Gasteiger partial charge >= 0.3 is 0 Å². The van der Waals surface area contributed by atoms with E-state index >= 15 is 0 Å². The Morgan fingerprint density at radius 3 is 3.15 bits per heavy atom. The minimum atomic E-state index is 0.562. The SMILES string of the molecule is COCCNCc1cccnc1Cl. The Morgan fingerprint density at radius 2 is 2.46 bits per heavy atom. The maximum Gasteiger partial charge on any atom is 0.133 e. The first kappa shape index (κ1) is 10.4. The highest BCUT2D eigenvalue weighted by Crippen LogP contribution is 2.10. The van der Waals surface area contributed by atoms with Crippen LogP contribution >= 0.6 is 11.6 Å². The van der Waals surface area contributed by atoms with Gasteiger partial charge in [0.1, 0.15) is 5.15 Å². The van der Waals surface area contributed by atoms with Crippen molar-refractivity contribution in [3.63, 3.8) is 0 Å². The standard InChI is InChI=1S/C9H13ClN2O/c1-13-6-5-11-7-8-3-2-4-12-9(8)10/h2-4,11H,5-7H2,1H3. The number of halogens is 1. The molecule has 1 aromatic heterocycles. The van der Waals surface area contributed by atoms with Crippen molar-refractivity contribution in [2.24, 2.45) is 0 Å². The monoisotopic (exact) mass is 200 g/mol. The number of nitrogens with one attached hydrogen (secondary N) is 1. The largest absolute Gasteiger partial charge is 0.383 e. The van der Waals surface area contributed by atoms with Crippen molar-refractivity contribution in [3.8, 4) is 0 Å². The molecule has 4 heteroatoms. The molecule has 0 aliphatic carbocycles. The molecule has 0 radical (unpaired) electrons. The Balaban J connectivity index is 2.32. The van der Waals surface area contributed by atoms with Gasteiger partial charge in [-0.15, -0.1) is 0 Å². The predicted octanol–water partition coefficient (Wildman–Crippen LogP) is 1.47. The van der Waals surface area contributed by atoms with Crippen LogP contribution in [0, 0.1) is 0 Å². The summed E-state index contributed by atoms with van der Waals surface area (Å²) in [4.78, 5) is 3.97. The molecular formula is C9H13ClN2O. The Labute approximate surface area is 83.1 Å². The van der Waals surface area contributed by atoms with E-state index in [4.69, 9.17) is 16.3 Å². The molecule has 0 aromatic carbocycles. The van der Waals surface area contributed by atoms with Crippen molar-refractivity contribution in [2.45, 2.75) is 6.54 Å². The van der Waals surface area contributed by atoms with Crippen LogP contribution < -0.4 is 5.32 Å². The molecule has 72 valence electrons. The van der Waals surface area contributed by atoms with Gasteiger partial charge in [0.2, 0.25) is 0 Å². The van der Waals surface area contributed by atoms with E-state index in [0.717, 1.165) is 18.7 Å². The lowest BCUT2D eigenvalue weighted by molar-refractivity contribution is 0.199. The second-order valence-electron chi connectivity index (χ2n) is 2.62. The topological polar surface area (TPSA) is 34.1 Å².